The van der Waals surface area contributed by atoms with Gasteiger partial charge in [-0.25, -0.2) is 4.68 Å². The molecule has 1 aromatic heterocycles. The minimum atomic E-state index is -4.21. The maximum atomic E-state index is 11.0. The summed E-state index contributed by atoms with van der Waals surface area (Å²) in [5.41, 5.74) is 1.28. The average Bonchev–Trinajstić information content (AvgIpc) is 2.56. The number of aromatic nitrogens is 2. The van der Waals surface area contributed by atoms with Gasteiger partial charge in [0.05, 0.1) is 17.1 Å². The van der Waals surface area contributed by atoms with E-state index in [1.807, 2.05) is 0 Å². The Balaban J connectivity index is 2.33. The van der Waals surface area contributed by atoms with Gasteiger partial charge in [0.2, 0.25) is 5.88 Å². The van der Waals surface area contributed by atoms with Crippen LogP contribution >= 0.6 is 0 Å². The number of rotatable bonds is 3. The molecule has 0 unspecified atom stereocenters. The number of nitrogens with zero attached hydrogens (tertiary/aromatic N) is 2. The van der Waals surface area contributed by atoms with Gasteiger partial charge in [0.25, 0.3) is 10.1 Å². The SMILES string of the molecule is Cc1cc(O)n(Cc2cccc(S(=O)(=O)O)c2)n1. The quantitative estimate of drug-likeness (QED) is 0.816. The summed E-state index contributed by atoms with van der Waals surface area (Å²) < 4.78 is 32.3. The van der Waals surface area contributed by atoms with Crippen LogP contribution in [-0.2, 0) is 16.7 Å². The molecule has 0 aliphatic heterocycles. The van der Waals surface area contributed by atoms with Crippen LogP contribution in [0.1, 0.15) is 11.3 Å². The van der Waals surface area contributed by atoms with E-state index in [2.05, 4.69) is 5.10 Å². The highest BCUT2D eigenvalue weighted by Gasteiger charge is 2.10. The van der Waals surface area contributed by atoms with E-state index in [-0.39, 0.29) is 17.3 Å². The van der Waals surface area contributed by atoms with Gasteiger partial charge in [-0.3, -0.25) is 4.55 Å². The van der Waals surface area contributed by atoms with E-state index in [0.717, 1.165) is 0 Å². The summed E-state index contributed by atoms with van der Waals surface area (Å²) in [6, 6.07) is 7.35. The summed E-state index contributed by atoms with van der Waals surface area (Å²) in [7, 11) is -4.21. The van der Waals surface area contributed by atoms with Gasteiger partial charge in [-0.05, 0) is 24.6 Å². The molecule has 0 atom stereocenters. The lowest BCUT2D eigenvalue weighted by atomic mass is 10.2. The maximum absolute atomic E-state index is 11.0. The predicted molar refractivity (Wildman–Crippen MR) is 64.0 cm³/mol. The molecule has 18 heavy (non-hydrogen) atoms. The van der Waals surface area contributed by atoms with Gasteiger partial charge >= 0.3 is 0 Å². The van der Waals surface area contributed by atoms with Crippen molar-refractivity contribution in [3.63, 3.8) is 0 Å². The van der Waals surface area contributed by atoms with Crippen molar-refractivity contribution < 1.29 is 18.1 Å². The molecular formula is C11H12N2O4S. The first-order valence-electron chi connectivity index (χ1n) is 5.16. The molecule has 96 valence electrons. The monoisotopic (exact) mass is 268 g/mol. The first-order valence-corrected chi connectivity index (χ1v) is 6.60. The van der Waals surface area contributed by atoms with E-state index in [4.69, 9.17) is 4.55 Å². The second kappa shape index (κ2) is 4.43. The predicted octanol–water partition coefficient (Wildman–Crippen LogP) is 1.19. The summed E-state index contributed by atoms with van der Waals surface area (Å²) in [6.07, 6.45) is 0. The van der Waals surface area contributed by atoms with E-state index >= 15 is 0 Å². The highest BCUT2D eigenvalue weighted by molar-refractivity contribution is 7.85. The lowest BCUT2D eigenvalue weighted by Gasteiger charge is -2.05. The molecular weight excluding hydrogens is 256 g/mol. The molecule has 1 heterocycles. The van der Waals surface area contributed by atoms with Crippen molar-refractivity contribution in [3.8, 4) is 5.88 Å². The Morgan fingerprint density at radius 3 is 2.61 bits per heavy atom. The molecule has 7 heteroatoms. The topological polar surface area (TPSA) is 92.4 Å². The summed E-state index contributed by atoms with van der Waals surface area (Å²) in [6.45, 7) is 1.97. The summed E-state index contributed by atoms with van der Waals surface area (Å²) in [4.78, 5) is -0.177. The van der Waals surface area contributed by atoms with Crippen LogP contribution in [0.2, 0.25) is 0 Å². The van der Waals surface area contributed by atoms with Crippen molar-refractivity contribution in [1.29, 1.82) is 0 Å². The molecule has 0 radical (unpaired) electrons. The lowest BCUT2D eigenvalue weighted by molar-refractivity contribution is 0.409. The van der Waals surface area contributed by atoms with Gasteiger partial charge in [0.1, 0.15) is 0 Å². The molecule has 0 bridgehead atoms. The molecule has 2 N–H and O–H groups in total. The molecule has 0 saturated heterocycles. The zero-order chi connectivity index (χ0) is 13.3. The third-order valence-corrected chi connectivity index (χ3v) is 3.26. The molecule has 0 amide bonds. The number of aryl methyl sites for hydroxylation is 1. The Morgan fingerprint density at radius 1 is 1.33 bits per heavy atom. The lowest BCUT2D eigenvalue weighted by Crippen LogP contribution is -2.04. The van der Waals surface area contributed by atoms with E-state index < -0.39 is 10.1 Å². The second-order valence-corrected chi connectivity index (χ2v) is 5.35. The Labute approximate surface area is 104 Å². The van der Waals surface area contributed by atoms with Crippen molar-refractivity contribution in [2.45, 2.75) is 18.4 Å². The van der Waals surface area contributed by atoms with E-state index in [9.17, 15) is 13.5 Å². The van der Waals surface area contributed by atoms with Gasteiger partial charge < -0.3 is 5.11 Å². The molecule has 1 aromatic carbocycles. The van der Waals surface area contributed by atoms with E-state index in [0.29, 0.717) is 11.3 Å². The highest BCUT2D eigenvalue weighted by atomic mass is 32.2. The van der Waals surface area contributed by atoms with Gasteiger partial charge in [-0.1, -0.05) is 12.1 Å². The largest absolute Gasteiger partial charge is 0.493 e. The van der Waals surface area contributed by atoms with Gasteiger partial charge in [-0.15, -0.1) is 0 Å². The standard InChI is InChI=1S/C11H12N2O4S/c1-8-5-11(14)13(12-8)7-9-3-2-4-10(6-9)18(15,16)17/h2-6,14H,7H2,1H3,(H,15,16,17). The Kier molecular flexibility index (Phi) is 3.10. The molecule has 2 aromatic rings. The summed E-state index contributed by atoms with van der Waals surface area (Å²) in [5, 5.41) is 13.6. The average molecular weight is 268 g/mol. The van der Waals surface area contributed by atoms with Crippen molar-refractivity contribution in [2.24, 2.45) is 0 Å². The van der Waals surface area contributed by atoms with Crippen LogP contribution in [0, 0.1) is 6.92 Å². The van der Waals surface area contributed by atoms with Crippen LogP contribution in [0.15, 0.2) is 35.2 Å². The molecule has 0 aliphatic rings. The number of hydrogen-bond acceptors (Lipinski definition) is 4. The van der Waals surface area contributed by atoms with Crippen molar-refractivity contribution in [1.82, 2.24) is 9.78 Å². The third kappa shape index (κ3) is 2.69. The molecule has 0 fully saturated rings. The first-order chi connectivity index (χ1) is 8.36. The van der Waals surface area contributed by atoms with Gasteiger partial charge in [-0.2, -0.15) is 13.5 Å². The van der Waals surface area contributed by atoms with Crippen molar-refractivity contribution >= 4 is 10.1 Å². The smallest absolute Gasteiger partial charge is 0.294 e. The molecule has 0 saturated carbocycles. The molecule has 6 nitrogen and oxygen atoms in total. The number of aromatic hydroxyl groups is 1. The zero-order valence-corrected chi connectivity index (χ0v) is 10.4. The minimum absolute atomic E-state index is 0.00441. The van der Waals surface area contributed by atoms with Crippen LogP contribution in [0.25, 0.3) is 0 Å². The Morgan fingerprint density at radius 2 is 2.06 bits per heavy atom. The van der Waals surface area contributed by atoms with Crippen LogP contribution in [0.3, 0.4) is 0 Å². The fraction of sp³-hybridized carbons (Fsp3) is 0.182. The second-order valence-electron chi connectivity index (χ2n) is 3.92. The fourth-order valence-corrected chi connectivity index (χ4v) is 2.18. The van der Waals surface area contributed by atoms with Crippen LogP contribution in [0.4, 0.5) is 0 Å². The highest BCUT2D eigenvalue weighted by Crippen LogP contribution is 2.16. The summed E-state index contributed by atoms with van der Waals surface area (Å²) >= 11 is 0. The number of hydrogen-bond donors (Lipinski definition) is 2. The normalized spacial score (nSPS) is 11.7. The molecule has 0 aliphatic carbocycles. The molecule has 2 rings (SSSR count). The van der Waals surface area contributed by atoms with Gasteiger partial charge in [0, 0.05) is 6.07 Å². The van der Waals surface area contributed by atoms with E-state index in [1.54, 1.807) is 13.0 Å². The van der Waals surface area contributed by atoms with Crippen LogP contribution in [-0.4, -0.2) is 27.9 Å². The Bertz CT molecular complexity index is 676. The summed E-state index contributed by atoms with van der Waals surface area (Å²) in [5.74, 6) is 0.00441. The van der Waals surface area contributed by atoms with E-state index in [1.165, 1.54) is 28.9 Å². The first kappa shape index (κ1) is 12.6. The fourth-order valence-electron chi connectivity index (χ4n) is 1.63. The van der Waals surface area contributed by atoms with Crippen molar-refractivity contribution in [3.05, 3.63) is 41.6 Å². The maximum Gasteiger partial charge on any atom is 0.294 e. The zero-order valence-electron chi connectivity index (χ0n) is 9.61. The van der Waals surface area contributed by atoms with Crippen LogP contribution < -0.4 is 0 Å². The minimum Gasteiger partial charge on any atom is -0.493 e. The van der Waals surface area contributed by atoms with Gasteiger partial charge in [0.15, 0.2) is 0 Å². The number of benzene rings is 1. The molecule has 0 spiro atoms. The Hall–Kier alpha value is -1.86. The van der Waals surface area contributed by atoms with Crippen molar-refractivity contribution in [2.75, 3.05) is 0 Å². The van der Waals surface area contributed by atoms with Crippen LogP contribution in [0.5, 0.6) is 5.88 Å². The third-order valence-electron chi connectivity index (χ3n) is 2.41.